The van der Waals surface area contributed by atoms with Gasteiger partial charge in [-0.3, -0.25) is 0 Å². The fourth-order valence-corrected chi connectivity index (χ4v) is 4.73. The van der Waals surface area contributed by atoms with E-state index < -0.39 is 0 Å². The number of aromatic amines is 1. The first-order valence-electron chi connectivity index (χ1n) is 10.4. The zero-order valence-electron chi connectivity index (χ0n) is 17.9. The van der Waals surface area contributed by atoms with Gasteiger partial charge in [-0.25, -0.2) is 0 Å². The van der Waals surface area contributed by atoms with Crippen LogP contribution in [0.2, 0.25) is 0 Å². The molecule has 4 aromatic rings. The Labute approximate surface area is 192 Å². The topological polar surface area (TPSA) is 40.3 Å². The molecule has 0 atom stereocenters. The number of thiocarbonyl (C=S) groups is 1. The SMILES string of the molecule is COc1ccc2[nH]c(C)c(CCN(Cc3cccs3)C(=S)NCc3ccccc3)c2c1. The van der Waals surface area contributed by atoms with Gasteiger partial charge in [0.25, 0.3) is 0 Å². The number of aryl methyl sites for hydroxylation is 1. The van der Waals surface area contributed by atoms with Gasteiger partial charge in [0.1, 0.15) is 5.75 Å². The summed E-state index contributed by atoms with van der Waals surface area (Å²) < 4.78 is 5.44. The zero-order valence-corrected chi connectivity index (χ0v) is 19.5. The van der Waals surface area contributed by atoms with Crippen LogP contribution in [0.15, 0.2) is 66.0 Å². The molecule has 31 heavy (non-hydrogen) atoms. The van der Waals surface area contributed by atoms with Crippen LogP contribution in [0.1, 0.15) is 21.7 Å². The van der Waals surface area contributed by atoms with Gasteiger partial charge in [-0.1, -0.05) is 36.4 Å². The summed E-state index contributed by atoms with van der Waals surface area (Å²) in [7, 11) is 1.71. The van der Waals surface area contributed by atoms with Crippen LogP contribution in [0.25, 0.3) is 10.9 Å². The van der Waals surface area contributed by atoms with Gasteiger partial charge >= 0.3 is 0 Å². The summed E-state index contributed by atoms with van der Waals surface area (Å²) in [4.78, 5) is 7.08. The highest BCUT2D eigenvalue weighted by molar-refractivity contribution is 7.80. The monoisotopic (exact) mass is 449 g/mol. The maximum absolute atomic E-state index is 5.80. The number of ether oxygens (including phenoxy) is 1. The lowest BCUT2D eigenvalue weighted by molar-refractivity contribution is 0.412. The minimum atomic E-state index is 0.726. The van der Waals surface area contributed by atoms with E-state index in [1.54, 1.807) is 18.4 Å². The molecule has 0 aliphatic carbocycles. The van der Waals surface area contributed by atoms with Crippen LogP contribution in [-0.4, -0.2) is 28.7 Å². The van der Waals surface area contributed by atoms with Gasteiger partial charge in [0, 0.05) is 34.6 Å². The molecule has 2 heterocycles. The van der Waals surface area contributed by atoms with Crippen molar-refractivity contribution in [2.24, 2.45) is 0 Å². The number of rotatable bonds is 8. The van der Waals surface area contributed by atoms with Crippen LogP contribution in [0, 0.1) is 6.92 Å². The van der Waals surface area contributed by atoms with E-state index in [1.165, 1.54) is 27.1 Å². The summed E-state index contributed by atoms with van der Waals surface area (Å²) >= 11 is 7.57. The van der Waals surface area contributed by atoms with E-state index in [1.807, 2.05) is 12.1 Å². The maximum atomic E-state index is 5.80. The van der Waals surface area contributed by atoms with Crippen molar-refractivity contribution in [3.8, 4) is 5.75 Å². The highest BCUT2D eigenvalue weighted by atomic mass is 32.1. The third-order valence-corrected chi connectivity index (χ3v) is 6.72. The number of aromatic nitrogens is 1. The Balaban J connectivity index is 1.50. The summed E-state index contributed by atoms with van der Waals surface area (Å²) in [6.07, 6.45) is 0.900. The van der Waals surface area contributed by atoms with Gasteiger partial charge in [-0.05, 0) is 66.3 Å². The second-order valence-corrected chi connectivity index (χ2v) is 8.95. The molecule has 0 saturated heterocycles. The van der Waals surface area contributed by atoms with E-state index in [4.69, 9.17) is 17.0 Å². The molecular formula is C25H27N3OS2. The molecule has 0 aliphatic rings. The Hall–Kier alpha value is -2.83. The zero-order chi connectivity index (χ0) is 21.6. The minimum absolute atomic E-state index is 0.726. The highest BCUT2D eigenvalue weighted by Crippen LogP contribution is 2.27. The predicted molar refractivity (Wildman–Crippen MR) is 134 cm³/mol. The molecule has 4 rings (SSSR count). The van der Waals surface area contributed by atoms with Crippen LogP contribution >= 0.6 is 23.6 Å². The van der Waals surface area contributed by atoms with Crippen LogP contribution < -0.4 is 10.1 Å². The highest BCUT2D eigenvalue weighted by Gasteiger charge is 2.15. The maximum Gasteiger partial charge on any atom is 0.169 e. The summed E-state index contributed by atoms with van der Waals surface area (Å²) in [6.45, 7) is 4.51. The summed E-state index contributed by atoms with van der Waals surface area (Å²) in [6, 6.07) is 20.8. The van der Waals surface area contributed by atoms with Gasteiger partial charge in [0.2, 0.25) is 0 Å². The Morgan fingerprint density at radius 2 is 1.97 bits per heavy atom. The number of nitrogens with one attached hydrogen (secondary N) is 2. The molecule has 160 valence electrons. The predicted octanol–water partition coefficient (Wildman–Crippen LogP) is 5.67. The molecule has 0 amide bonds. The van der Waals surface area contributed by atoms with Gasteiger partial charge in [0.15, 0.2) is 5.11 Å². The second-order valence-electron chi connectivity index (χ2n) is 7.54. The smallest absolute Gasteiger partial charge is 0.169 e. The Bertz CT molecular complexity index is 1140. The number of thiophene rings is 1. The number of hydrogen-bond donors (Lipinski definition) is 2. The Morgan fingerprint density at radius 3 is 2.71 bits per heavy atom. The van der Waals surface area contributed by atoms with E-state index in [2.05, 4.69) is 76.0 Å². The molecular weight excluding hydrogens is 422 g/mol. The number of methoxy groups -OCH3 is 1. The average Bonchev–Trinajstić information content (AvgIpc) is 3.42. The molecule has 0 radical (unpaired) electrons. The number of H-pyrrole nitrogens is 1. The lowest BCUT2D eigenvalue weighted by atomic mass is 10.1. The largest absolute Gasteiger partial charge is 0.497 e. The first-order chi connectivity index (χ1) is 15.1. The minimum Gasteiger partial charge on any atom is -0.497 e. The first-order valence-corrected chi connectivity index (χ1v) is 11.7. The number of hydrogen-bond acceptors (Lipinski definition) is 3. The van der Waals surface area contributed by atoms with Crippen molar-refractivity contribution >= 4 is 39.6 Å². The molecule has 2 aromatic carbocycles. The molecule has 0 unspecified atom stereocenters. The molecule has 6 heteroatoms. The second kappa shape index (κ2) is 9.98. The van der Waals surface area contributed by atoms with Crippen LogP contribution in [0.4, 0.5) is 0 Å². The van der Waals surface area contributed by atoms with Crippen molar-refractivity contribution in [2.75, 3.05) is 13.7 Å². The van der Waals surface area contributed by atoms with E-state index in [0.29, 0.717) is 0 Å². The molecule has 0 fully saturated rings. The van der Waals surface area contributed by atoms with E-state index in [9.17, 15) is 0 Å². The van der Waals surface area contributed by atoms with E-state index in [-0.39, 0.29) is 0 Å². The summed E-state index contributed by atoms with van der Waals surface area (Å²) in [5, 5.41) is 7.56. The van der Waals surface area contributed by atoms with Gasteiger partial charge in [-0.15, -0.1) is 11.3 Å². The van der Waals surface area contributed by atoms with Crippen molar-refractivity contribution in [3.05, 3.63) is 87.7 Å². The van der Waals surface area contributed by atoms with Crippen molar-refractivity contribution in [1.29, 1.82) is 0 Å². The van der Waals surface area contributed by atoms with Crippen molar-refractivity contribution in [2.45, 2.75) is 26.4 Å². The van der Waals surface area contributed by atoms with Crippen molar-refractivity contribution in [1.82, 2.24) is 15.2 Å². The normalized spacial score (nSPS) is 10.9. The molecule has 2 N–H and O–H groups in total. The number of benzene rings is 2. The van der Waals surface area contributed by atoms with Crippen LogP contribution in [0.3, 0.4) is 0 Å². The fraction of sp³-hybridized carbons (Fsp3) is 0.240. The lowest BCUT2D eigenvalue weighted by Gasteiger charge is -2.26. The van der Waals surface area contributed by atoms with Crippen molar-refractivity contribution in [3.63, 3.8) is 0 Å². The fourth-order valence-electron chi connectivity index (χ4n) is 3.79. The molecule has 2 aromatic heterocycles. The van der Waals surface area contributed by atoms with Crippen LogP contribution in [0.5, 0.6) is 5.75 Å². The molecule has 0 aliphatic heterocycles. The Morgan fingerprint density at radius 1 is 1.13 bits per heavy atom. The number of nitrogens with zero attached hydrogens (tertiary/aromatic N) is 1. The summed E-state index contributed by atoms with van der Waals surface area (Å²) in [5.41, 5.74) is 4.88. The van der Waals surface area contributed by atoms with Gasteiger partial charge < -0.3 is 19.9 Å². The molecule has 0 bridgehead atoms. The van der Waals surface area contributed by atoms with Crippen molar-refractivity contribution < 1.29 is 4.74 Å². The van der Waals surface area contributed by atoms with Crippen LogP contribution in [-0.2, 0) is 19.5 Å². The van der Waals surface area contributed by atoms with E-state index in [0.717, 1.165) is 42.4 Å². The van der Waals surface area contributed by atoms with Gasteiger partial charge in [-0.2, -0.15) is 0 Å². The average molecular weight is 450 g/mol. The summed E-state index contributed by atoms with van der Waals surface area (Å²) in [5.74, 6) is 0.878. The third kappa shape index (κ3) is 5.27. The third-order valence-electron chi connectivity index (χ3n) is 5.46. The molecule has 4 nitrogen and oxygen atoms in total. The number of fused-ring (bicyclic) bond motifs is 1. The molecule has 0 spiro atoms. The van der Waals surface area contributed by atoms with E-state index >= 15 is 0 Å². The molecule has 0 saturated carbocycles. The standard InChI is InChI=1S/C25H27N3OS2/c1-18-22(23-15-20(29-2)10-11-24(23)27-18)12-13-28(17-21-9-6-14-31-21)25(30)26-16-19-7-4-3-5-8-19/h3-11,14-15,27H,12-13,16-17H2,1-2H3,(H,26,30). The lowest BCUT2D eigenvalue weighted by Crippen LogP contribution is -2.40. The quantitative estimate of drug-likeness (QED) is 0.340. The Kier molecular flexibility index (Phi) is 6.89. The first kappa shape index (κ1) is 21.4. The van der Waals surface area contributed by atoms with Gasteiger partial charge in [0.05, 0.1) is 13.7 Å².